The zero-order valence-corrected chi connectivity index (χ0v) is 10.9. The number of ether oxygens (including phenoxy) is 1. The summed E-state index contributed by atoms with van der Waals surface area (Å²) in [4.78, 5) is 10.7. The molecule has 0 spiro atoms. The number of carbonyl (C=O) groups is 1. The van der Waals surface area contributed by atoms with Gasteiger partial charge < -0.3 is 15.6 Å². The van der Waals surface area contributed by atoms with Gasteiger partial charge in [0.25, 0.3) is 0 Å². The maximum Gasteiger partial charge on any atom is 0.303 e. The Hall–Kier alpha value is -1.55. The van der Waals surface area contributed by atoms with E-state index in [4.69, 9.17) is 15.6 Å². The molecule has 1 aromatic rings. The van der Waals surface area contributed by atoms with E-state index in [9.17, 15) is 4.79 Å². The topological polar surface area (TPSA) is 72.6 Å². The Morgan fingerprint density at radius 1 is 1.39 bits per heavy atom. The third-order valence-electron chi connectivity index (χ3n) is 2.71. The highest BCUT2D eigenvalue weighted by molar-refractivity contribution is 5.67. The summed E-state index contributed by atoms with van der Waals surface area (Å²) >= 11 is 0. The molecule has 4 heteroatoms. The summed E-state index contributed by atoms with van der Waals surface area (Å²) in [7, 11) is 0. The number of rotatable bonds is 7. The van der Waals surface area contributed by atoms with Gasteiger partial charge in [0.05, 0.1) is 0 Å². The van der Waals surface area contributed by atoms with Gasteiger partial charge >= 0.3 is 5.97 Å². The molecule has 3 N–H and O–H groups in total. The summed E-state index contributed by atoms with van der Waals surface area (Å²) in [5, 5.41) is 8.81. The van der Waals surface area contributed by atoms with Crippen molar-refractivity contribution in [2.24, 2.45) is 11.7 Å². The van der Waals surface area contributed by atoms with Crippen LogP contribution >= 0.6 is 0 Å². The van der Waals surface area contributed by atoms with Crippen LogP contribution in [0.4, 0.5) is 0 Å². The Labute approximate surface area is 108 Å². The van der Waals surface area contributed by atoms with Crippen LogP contribution in [-0.2, 0) is 4.79 Å². The molecule has 1 unspecified atom stereocenters. The Morgan fingerprint density at radius 2 is 2.00 bits per heavy atom. The summed E-state index contributed by atoms with van der Waals surface area (Å²) in [6.45, 7) is 4.25. The zero-order valence-electron chi connectivity index (χ0n) is 10.9. The van der Waals surface area contributed by atoms with Gasteiger partial charge in [0.15, 0.2) is 0 Å². The fraction of sp³-hybridized carbons (Fsp3) is 0.500. The van der Waals surface area contributed by atoms with E-state index < -0.39 is 11.6 Å². The van der Waals surface area contributed by atoms with Gasteiger partial charge in [0.2, 0.25) is 0 Å². The molecule has 0 saturated carbocycles. The highest BCUT2D eigenvalue weighted by Gasteiger charge is 2.26. The van der Waals surface area contributed by atoms with Gasteiger partial charge in [-0.2, -0.15) is 0 Å². The van der Waals surface area contributed by atoms with Crippen molar-refractivity contribution in [2.75, 3.05) is 6.54 Å². The molecular weight excluding hydrogens is 230 g/mol. The number of carboxylic acid groups (broad SMARTS) is 1. The molecule has 1 rings (SSSR count). The fourth-order valence-electron chi connectivity index (χ4n) is 2.03. The van der Waals surface area contributed by atoms with Crippen molar-refractivity contribution in [1.29, 1.82) is 0 Å². The van der Waals surface area contributed by atoms with Crippen LogP contribution in [0.5, 0.6) is 5.75 Å². The Morgan fingerprint density at radius 3 is 2.50 bits per heavy atom. The minimum absolute atomic E-state index is 0.0683. The zero-order chi connectivity index (χ0) is 13.6. The van der Waals surface area contributed by atoms with Gasteiger partial charge in [-0.25, -0.2) is 0 Å². The van der Waals surface area contributed by atoms with Gasteiger partial charge in [-0.05, 0) is 44.9 Å². The lowest BCUT2D eigenvalue weighted by atomic mass is 9.91. The molecule has 0 saturated heterocycles. The summed E-state index contributed by atoms with van der Waals surface area (Å²) in [5.74, 6) is -0.101. The van der Waals surface area contributed by atoms with Crippen molar-refractivity contribution in [2.45, 2.75) is 32.3 Å². The molecule has 0 amide bonds. The van der Waals surface area contributed by atoms with Crippen LogP contribution in [0.15, 0.2) is 30.3 Å². The van der Waals surface area contributed by atoms with Crippen molar-refractivity contribution in [3.63, 3.8) is 0 Å². The van der Waals surface area contributed by atoms with Gasteiger partial charge in [-0.3, -0.25) is 4.79 Å². The molecule has 0 aliphatic carbocycles. The second-order valence-corrected chi connectivity index (χ2v) is 5.08. The molecule has 100 valence electrons. The first kappa shape index (κ1) is 14.5. The first-order valence-electron chi connectivity index (χ1n) is 6.09. The molecule has 0 fully saturated rings. The first-order chi connectivity index (χ1) is 8.43. The van der Waals surface area contributed by atoms with Crippen LogP contribution in [0.3, 0.4) is 0 Å². The largest absolute Gasteiger partial charge is 0.488 e. The standard InChI is InChI=1S/C14H21NO3/c1-14(2,9-11(10-15)8-13(16)17)18-12-6-4-3-5-7-12/h3-7,11H,8-10,15H2,1-2H3,(H,16,17). The van der Waals surface area contributed by atoms with Crippen LogP contribution in [0, 0.1) is 5.92 Å². The van der Waals surface area contributed by atoms with Crippen LogP contribution < -0.4 is 10.5 Å². The Balaban J connectivity index is 2.60. The minimum atomic E-state index is -0.819. The average Bonchev–Trinajstić information content (AvgIpc) is 2.27. The van der Waals surface area contributed by atoms with E-state index >= 15 is 0 Å². The van der Waals surface area contributed by atoms with E-state index in [1.807, 2.05) is 44.2 Å². The molecule has 1 aromatic carbocycles. The lowest BCUT2D eigenvalue weighted by Crippen LogP contribution is -2.34. The molecular formula is C14H21NO3. The number of benzene rings is 1. The Bertz CT molecular complexity index is 376. The van der Waals surface area contributed by atoms with Crippen molar-refractivity contribution in [3.8, 4) is 5.75 Å². The molecule has 4 nitrogen and oxygen atoms in total. The summed E-state index contributed by atoms with van der Waals surface area (Å²) in [6, 6.07) is 9.51. The number of aliphatic carboxylic acids is 1. The highest BCUT2D eigenvalue weighted by Crippen LogP contribution is 2.25. The van der Waals surface area contributed by atoms with E-state index in [2.05, 4.69) is 0 Å². The third kappa shape index (κ3) is 5.19. The second kappa shape index (κ2) is 6.40. The highest BCUT2D eigenvalue weighted by atomic mass is 16.5. The van der Waals surface area contributed by atoms with Crippen molar-refractivity contribution >= 4 is 5.97 Å². The number of hydrogen-bond acceptors (Lipinski definition) is 3. The lowest BCUT2D eigenvalue weighted by Gasteiger charge is -2.29. The van der Waals surface area contributed by atoms with E-state index in [0.29, 0.717) is 13.0 Å². The van der Waals surface area contributed by atoms with Crippen molar-refractivity contribution in [1.82, 2.24) is 0 Å². The van der Waals surface area contributed by atoms with E-state index in [0.717, 1.165) is 5.75 Å². The van der Waals surface area contributed by atoms with Crippen molar-refractivity contribution in [3.05, 3.63) is 30.3 Å². The molecule has 0 radical (unpaired) electrons. The predicted octanol–water partition coefficient (Wildman–Crippen LogP) is 2.28. The van der Waals surface area contributed by atoms with Gasteiger partial charge in [-0.1, -0.05) is 18.2 Å². The number of carboxylic acids is 1. The van der Waals surface area contributed by atoms with Gasteiger partial charge in [0.1, 0.15) is 11.4 Å². The monoisotopic (exact) mass is 251 g/mol. The minimum Gasteiger partial charge on any atom is -0.488 e. The summed E-state index contributed by atoms with van der Waals surface area (Å²) in [5.41, 5.74) is 5.17. The van der Waals surface area contributed by atoms with Crippen molar-refractivity contribution < 1.29 is 14.6 Å². The smallest absolute Gasteiger partial charge is 0.303 e. The van der Waals surface area contributed by atoms with Crippen LogP contribution in [-0.4, -0.2) is 23.2 Å². The van der Waals surface area contributed by atoms with E-state index in [-0.39, 0.29) is 12.3 Å². The molecule has 18 heavy (non-hydrogen) atoms. The maximum absolute atomic E-state index is 10.7. The van der Waals surface area contributed by atoms with Crippen LogP contribution in [0.25, 0.3) is 0 Å². The number of nitrogens with two attached hydrogens (primary N) is 1. The lowest BCUT2D eigenvalue weighted by molar-refractivity contribution is -0.138. The molecule has 0 aliphatic rings. The summed E-state index contributed by atoms with van der Waals surface area (Å²) < 4.78 is 5.87. The second-order valence-electron chi connectivity index (χ2n) is 5.08. The molecule has 0 aliphatic heterocycles. The fourth-order valence-corrected chi connectivity index (χ4v) is 2.03. The SMILES string of the molecule is CC(C)(CC(CN)CC(=O)O)Oc1ccccc1. The van der Waals surface area contributed by atoms with E-state index in [1.165, 1.54) is 0 Å². The van der Waals surface area contributed by atoms with Gasteiger partial charge in [0, 0.05) is 6.42 Å². The maximum atomic E-state index is 10.7. The molecule has 0 heterocycles. The molecule has 1 atom stereocenters. The average molecular weight is 251 g/mol. The molecule has 0 bridgehead atoms. The van der Waals surface area contributed by atoms with Crippen LogP contribution in [0.2, 0.25) is 0 Å². The number of hydrogen-bond donors (Lipinski definition) is 2. The summed E-state index contributed by atoms with van der Waals surface area (Å²) in [6.07, 6.45) is 0.697. The van der Waals surface area contributed by atoms with Gasteiger partial charge in [-0.15, -0.1) is 0 Å². The Kier molecular flexibility index (Phi) is 5.16. The first-order valence-corrected chi connectivity index (χ1v) is 6.09. The normalized spacial score (nSPS) is 13.1. The van der Waals surface area contributed by atoms with Crippen LogP contribution in [0.1, 0.15) is 26.7 Å². The predicted molar refractivity (Wildman–Crippen MR) is 70.6 cm³/mol. The number of para-hydroxylation sites is 1. The van der Waals surface area contributed by atoms with E-state index in [1.54, 1.807) is 0 Å². The quantitative estimate of drug-likeness (QED) is 0.779. The third-order valence-corrected chi connectivity index (χ3v) is 2.71. The molecule has 0 aromatic heterocycles.